The maximum Gasteiger partial charge on any atom is 0.229 e. The van der Waals surface area contributed by atoms with Crippen molar-refractivity contribution < 1.29 is 4.79 Å². The van der Waals surface area contributed by atoms with Crippen molar-refractivity contribution in [3.8, 4) is 10.6 Å². The van der Waals surface area contributed by atoms with Crippen LogP contribution in [0, 0.1) is 20.8 Å². The van der Waals surface area contributed by atoms with Crippen LogP contribution in [0.25, 0.3) is 20.8 Å². The number of fused-ring (bicyclic) bond motifs is 2. The predicted octanol–water partition coefficient (Wildman–Crippen LogP) is 7.32. The number of aryl methyl sites for hydroxylation is 3. The van der Waals surface area contributed by atoms with E-state index in [0.29, 0.717) is 12.5 Å². The summed E-state index contributed by atoms with van der Waals surface area (Å²) in [5.41, 5.74) is 8.23. The van der Waals surface area contributed by atoms with Crippen LogP contribution in [0.3, 0.4) is 0 Å². The summed E-state index contributed by atoms with van der Waals surface area (Å²) >= 11 is 3.45. The monoisotopic (exact) mass is 525 g/mol. The van der Waals surface area contributed by atoms with Gasteiger partial charge >= 0.3 is 0 Å². The molecule has 5 rings (SSSR count). The Morgan fingerprint density at radius 1 is 1.11 bits per heavy atom. The maximum atomic E-state index is 13.3. The van der Waals surface area contributed by atoms with Gasteiger partial charge in [-0.25, -0.2) is 4.98 Å². The normalized spacial score (nSPS) is 13.7. The number of nitrogens with one attached hydrogen (secondary N) is 1. The Kier molecular flexibility index (Phi) is 7.67. The number of rotatable bonds is 5. The third kappa shape index (κ3) is 5.17. The van der Waals surface area contributed by atoms with Crippen molar-refractivity contribution in [3.63, 3.8) is 0 Å². The van der Waals surface area contributed by atoms with Crippen LogP contribution in [0.1, 0.15) is 46.5 Å². The van der Waals surface area contributed by atoms with Gasteiger partial charge < -0.3 is 5.32 Å². The fraction of sp³-hybridized carbons (Fsp3) is 0.357. The number of hydrogen-bond acceptors (Lipinski definition) is 5. The Hall–Kier alpha value is -2.25. The van der Waals surface area contributed by atoms with Gasteiger partial charge in [0.2, 0.25) is 5.91 Å². The quantitative estimate of drug-likeness (QED) is 0.297. The number of carbonyl (C=O) groups excluding carboxylic acids is 1. The van der Waals surface area contributed by atoms with E-state index in [4.69, 9.17) is 4.98 Å². The molecule has 0 spiro atoms. The molecule has 0 saturated heterocycles. The molecule has 4 nitrogen and oxygen atoms in total. The molecule has 1 N–H and O–H groups in total. The Morgan fingerprint density at radius 2 is 1.83 bits per heavy atom. The van der Waals surface area contributed by atoms with Crippen LogP contribution in [-0.2, 0) is 24.2 Å². The molecule has 0 fully saturated rings. The van der Waals surface area contributed by atoms with E-state index in [0.717, 1.165) is 46.2 Å². The summed E-state index contributed by atoms with van der Waals surface area (Å²) in [6.45, 7) is 12.8. The average Bonchev–Trinajstić information content (AvgIpc) is 3.35. The Balaban J connectivity index is 0.00000289. The number of aromatic nitrogens is 1. The van der Waals surface area contributed by atoms with Gasteiger partial charge in [-0.15, -0.1) is 35.1 Å². The minimum atomic E-state index is 0. The second kappa shape index (κ2) is 10.4. The molecular weight excluding hydrogens is 494 g/mol. The Morgan fingerprint density at radius 3 is 2.51 bits per heavy atom. The number of nitrogens with zero attached hydrogens (tertiary/aromatic N) is 2. The first-order valence-corrected chi connectivity index (χ1v) is 13.5. The summed E-state index contributed by atoms with van der Waals surface area (Å²) in [6, 6.07) is 13.1. The van der Waals surface area contributed by atoms with Crippen LogP contribution in [-0.4, -0.2) is 28.4 Å². The molecule has 7 heteroatoms. The van der Waals surface area contributed by atoms with Crippen molar-refractivity contribution in [2.24, 2.45) is 0 Å². The molecule has 2 aromatic carbocycles. The largest absolute Gasteiger partial charge is 0.317 e. The molecule has 0 atom stereocenters. The highest BCUT2D eigenvalue weighted by atomic mass is 35.5. The summed E-state index contributed by atoms with van der Waals surface area (Å²) in [5, 5.41) is 5.26. The molecule has 1 amide bonds. The first kappa shape index (κ1) is 25.8. The minimum absolute atomic E-state index is 0. The van der Waals surface area contributed by atoms with Crippen LogP contribution in [0.4, 0.5) is 5.00 Å². The topological polar surface area (TPSA) is 45.2 Å². The van der Waals surface area contributed by atoms with Crippen LogP contribution < -0.4 is 5.32 Å². The van der Waals surface area contributed by atoms with Crippen molar-refractivity contribution in [2.75, 3.05) is 11.9 Å². The molecule has 1 aliphatic heterocycles. The lowest BCUT2D eigenvalue weighted by molar-refractivity contribution is -0.115. The zero-order valence-corrected chi connectivity index (χ0v) is 23.3. The molecule has 2 aromatic heterocycles. The molecule has 0 bridgehead atoms. The van der Waals surface area contributed by atoms with Crippen LogP contribution in [0.5, 0.6) is 0 Å². The summed E-state index contributed by atoms with van der Waals surface area (Å²) in [5.74, 6) is 0.0386. The van der Waals surface area contributed by atoms with Gasteiger partial charge in [0.05, 0.1) is 16.6 Å². The van der Waals surface area contributed by atoms with E-state index in [-0.39, 0.29) is 18.3 Å². The van der Waals surface area contributed by atoms with Crippen LogP contribution >= 0.6 is 35.1 Å². The van der Waals surface area contributed by atoms with Crippen LogP contribution in [0.2, 0.25) is 0 Å². The fourth-order valence-electron chi connectivity index (χ4n) is 4.98. The second-order valence-corrected chi connectivity index (χ2v) is 11.7. The van der Waals surface area contributed by atoms with Gasteiger partial charge in [0.25, 0.3) is 0 Å². The van der Waals surface area contributed by atoms with Gasteiger partial charge in [0, 0.05) is 29.6 Å². The van der Waals surface area contributed by atoms with Gasteiger partial charge in [-0.1, -0.05) is 29.8 Å². The molecule has 184 valence electrons. The highest BCUT2D eigenvalue weighted by molar-refractivity contribution is 7.22. The standard InChI is InChI=1S/C28H31N3OS2.ClH/c1-16(2)31-11-10-20-24(15-31)34-28(26(20)27-29-22-8-6-7-9-23(22)33-27)30-25(32)14-21-18(4)12-17(3)13-19(21)5;/h6-9,12-13,16H,10-11,14-15H2,1-5H3,(H,30,32);1H. The van der Waals surface area contributed by atoms with Crippen molar-refractivity contribution in [2.45, 2.75) is 60.0 Å². The van der Waals surface area contributed by atoms with Gasteiger partial charge in [-0.3, -0.25) is 9.69 Å². The van der Waals surface area contributed by atoms with Crippen molar-refractivity contribution in [3.05, 3.63) is 69.1 Å². The Bertz CT molecular complexity index is 1330. The summed E-state index contributed by atoms with van der Waals surface area (Å²) in [6.07, 6.45) is 1.37. The molecular formula is C28H32ClN3OS2. The number of amides is 1. The van der Waals surface area contributed by atoms with Crippen LogP contribution in [0.15, 0.2) is 36.4 Å². The van der Waals surface area contributed by atoms with Crippen molar-refractivity contribution in [1.82, 2.24) is 9.88 Å². The highest BCUT2D eigenvalue weighted by Crippen LogP contribution is 2.46. The summed E-state index contributed by atoms with van der Waals surface area (Å²) in [7, 11) is 0. The zero-order valence-electron chi connectivity index (χ0n) is 20.9. The van der Waals surface area contributed by atoms with Gasteiger partial charge in [0.1, 0.15) is 10.0 Å². The molecule has 0 saturated carbocycles. The molecule has 0 aliphatic carbocycles. The number of para-hydroxylation sites is 1. The minimum Gasteiger partial charge on any atom is -0.317 e. The lowest BCUT2D eigenvalue weighted by Gasteiger charge is -2.30. The van der Waals surface area contributed by atoms with E-state index in [9.17, 15) is 4.79 Å². The number of carbonyl (C=O) groups is 1. The van der Waals surface area contributed by atoms with E-state index in [1.165, 1.54) is 31.8 Å². The second-order valence-electron chi connectivity index (χ2n) is 9.61. The molecule has 4 aromatic rings. The first-order valence-electron chi connectivity index (χ1n) is 11.9. The molecule has 0 radical (unpaired) electrons. The van der Waals surface area contributed by atoms with Crippen molar-refractivity contribution in [1.29, 1.82) is 0 Å². The third-order valence-corrected chi connectivity index (χ3v) is 8.94. The van der Waals surface area contributed by atoms with E-state index >= 15 is 0 Å². The van der Waals surface area contributed by atoms with E-state index in [1.807, 2.05) is 6.07 Å². The SMILES string of the molecule is Cc1cc(C)c(CC(=O)Nc2sc3c(c2-c2nc4ccccc4s2)CCN(C(C)C)C3)c(C)c1.Cl. The predicted molar refractivity (Wildman–Crippen MR) is 152 cm³/mol. The average molecular weight is 526 g/mol. The maximum absolute atomic E-state index is 13.3. The van der Waals surface area contributed by atoms with E-state index in [1.54, 1.807) is 22.7 Å². The van der Waals surface area contributed by atoms with E-state index < -0.39 is 0 Å². The van der Waals surface area contributed by atoms with Gasteiger partial charge in [-0.05, 0) is 75.4 Å². The van der Waals surface area contributed by atoms with E-state index in [2.05, 4.69) is 75.2 Å². The lowest BCUT2D eigenvalue weighted by atomic mass is 9.97. The zero-order chi connectivity index (χ0) is 24.0. The summed E-state index contributed by atoms with van der Waals surface area (Å²) < 4.78 is 1.18. The number of hydrogen-bond donors (Lipinski definition) is 1. The lowest BCUT2D eigenvalue weighted by Crippen LogP contribution is -2.35. The number of anilines is 1. The molecule has 1 aliphatic rings. The van der Waals surface area contributed by atoms with Gasteiger partial charge in [0.15, 0.2) is 0 Å². The van der Waals surface area contributed by atoms with Crippen molar-refractivity contribution >= 4 is 56.2 Å². The first-order chi connectivity index (χ1) is 16.3. The summed E-state index contributed by atoms with van der Waals surface area (Å²) in [4.78, 5) is 22.1. The number of halogens is 1. The molecule has 35 heavy (non-hydrogen) atoms. The van der Waals surface area contributed by atoms with Gasteiger partial charge in [-0.2, -0.15) is 0 Å². The Labute approximate surface area is 221 Å². The number of thiophene rings is 1. The third-order valence-electron chi connectivity index (χ3n) is 6.76. The number of benzene rings is 2. The molecule has 0 unspecified atom stereocenters. The molecule has 3 heterocycles. The highest BCUT2D eigenvalue weighted by Gasteiger charge is 2.28. The smallest absolute Gasteiger partial charge is 0.229 e. The fourth-order valence-corrected chi connectivity index (χ4v) is 7.38. The number of thiazole rings is 1.